The van der Waals surface area contributed by atoms with E-state index in [0.717, 1.165) is 12.4 Å². The van der Waals surface area contributed by atoms with E-state index in [1.807, 2.05) is 11.8 Å². The molecule has 2 aliphatic heterocycles. The lowest BCUT2D eigenvalue weighted by molar-refractivity contribution is 0.411. The third-order valence-corrected chi connectivity index (χ3v) is 5.53. The van der Waals surface area contributed by atoms with Gasteiger partial charge in [0.05, 0.1) is 12.4 Å². The van der Waals surface area contributed by atoms with Gasteiger partial charge in [-0.1, -0.05) is 19.8 Å². The summed E-state index contributed by atoms with van der Waals surface area (Å²) in [6.07, 6.45) is 5.30. The highest BCUT2D eigenvalue weighted by atomic mass is 32.2. The molecular formula is C12H22N2S2. The summed E-state index contributed by atoms with van der Waals surface area (Å²) in [5, 5.41) is 3.57. The highest BCUT2D eigenvalue weighted by molar-refractivity contribution is 7.99. The molecule has 1 unspecified atom stereocenters. The molecule has 1 atom stereocenters. The van der Waals surface area contributed by atoms with Crippen LogP contribution >= 0.6 is 23.5 Å². The molecule has 0 aromatic rings. The zero-order valence-corrected chi connectivity index (χ0v) is 11.8. The largest absolute Gasteiger partial charge is 0.364 e. The van der Waals surface area contributed by atoms with Crippen LogP contribution in [0.25, 0.3) is 0 Å². The molecule has 92 valence electrons. The topological polar surface area (TPSA) is 24.4 Å². The Balaban J connectivity index is 2.07. The maximum atomic E-state index is 4.80. The zero-order chi connectivity index (χ0) is 11.3. The number of rotatable bonds is 4. The number of amidine groups is 1. The van der Waals surface area contributed by atoms with Crippen LogP contribution in [0.4, 0.5) is 0 Å². The monoisotopic (exact) mass is 258 g/mol. The molecule has 1 N–H and O–H groups in total. The van der Waals surface area contributed by atoms with Crippen molar-refractivity contribution in [2.24, 2.45) is 10.4 Å². The van der Waals surface area contributed by atoms with Gasteiger partial charge in [0.2, 0.25) is 0 Å². The van der Waals surface area contributed by atoms with Crippen molar-refractivity contribution in [1.82, 2.24) is 5.32 Å². The number of thioether (sulfide) groups is 2. The minimum Gasteiger partial charge on any atom is -0.364 e. The highest BCUT2D eigenvalue weighted by Crippen LogP contribution is 2.41. The molecule has 2 aliphatic rings. The Labute approximate surface area is 107 Å². The van der Waals surface area contributed by atoms with Crippen molar-refractivity contribution in [2.45, 2.75) is 32.6 Å². The Kier molecular flexibility index (Phi) is 4.89. The summed E-state index contributed by atoms with van der Waals surface area (Å²) in [6.45, 7) is 3.29. The van der Waals surface area contributed by atoms with Gasteiger partial charge in [0.25, 0.3) is 0 Å². The van der Waals surface area contributed by atoms with Gasteiger partial charge < -0.3 is 5.32 Å². The van der Waals surface area contributed by atoms with E-state index in [1.165, 1.54) is 48.8 Å². The number of hydrogen-bond acceptors (Lipinski definition) is 4. The third-order valence-electron chi connectivity index (χ3n) is 3.46. The second-order valence-electron chi connectivity index (χ2n) is 4.65. The van der Waals surface area contributed by atoms with E-state index >= 15 is 0 Å². The summed E-state index contributed by atoms with van der Waals surface area (Å²) in [7, 11) is 0. The standard InChI is InChI=1S/C12H22N2S2/c1-2-3-4-12(5-7-15-9-12)11-13-6-8-16-10-14-11/h2-10H2,1H3,(H,13,14). The maximum absolute atomic E-state index is 4.80. The van der Waals surface area contributed by atoms with Gasteiger partial charge in [-0.3, -0.25) is 4.99 Å². The molecule has 2 heterocycles. The Hall–Kier alpha value is 0.170. The van der Waals surface area contributed by atoms with Crippen LogP contribution in [0.5, 0.6) is 0 Å². The minimum atomic E-state index is 0.394. The average molecular weight is 258 g/mol. The summed E-state index contributed by atoms with van der Waals surface area (Å²) in [5.41, 5.74) is 0.394. The SMILES string of the molecule is CCCCC1(C2=NCCSCN2)CCSC1. The lowest BCUT2D eigenvalue weighted by atomic mass is 9.81. The maximum Gasteiger partial charge on any atom is 0.104 e. The summed E-state index contributed by atoms with van der Waals surface area (Å²) in [6, 6.07) is 0. The van der Waals surface area contributed by atoms with E-state index in [2.05, 4.69) is 24.0 Å². The Bertz CT molecular complexity index is 247. The van der Waals surface area contributed by atoms with Gasteiger partial charge >= 0.3 is 0 Å². The van der Waals surface area contributed by atoms with Crippen molar-refractivity contribution in [3.63, 3.8) is 0 Å². The molecule has 2 rings (SSSR count). The zero-order valence-electron chi connectivity index (χ0n) is 10.1. The fourth-order valence-corrected chi connectivity index (χ4v) is 4.55. The van der Waals surface area contributed by atoms with Crippen molar-refractivity contribution >= 4 is 29.4 Å². The molecule has 16 heavy (non-hydrogen) atoms. The van der Waals surface area contributed by atoms with Crippen LogP contribution in [0, 0.1) is 5.41 Å². The molecule has 0 aromatic carbocycles. The van der Waals surface area contributed by atoms with E-state index in [-0.39, 0.29) is 0 Å². The number of aliphatic imine (C=N–C) groups is 1. The van der Waals surface area contributed by atoms with E-state index < -0.39 is 0 Å². The smallest absolute Gasteiger partial charge is 0.104 e. The Morgan fingerprint density at radius 2 is 2.31 bits per heavy atom. The molecule has 1 fully saturated rings. The van der Waals surface area contributed by atoms with Gasteiger partial charge in [0.15, 0.2) is 0 Å². The van der Waals surface area contributed by atoms with E-state index in [0.29, 0.717) is 5.41 Å². The van der Waals surface area contributed by atoms with Crippen molar-refractivity contribution < 1.29 is 0 Å². The first-order valence-electron chi connectivity index (χ1n) is 6.32. The van der Waals surface area contributed by atoms with Crippen molar-refractivity contribution in [3.05, 3.63) is 0 Å². The van der Waals surface area contributed by atoms with Crippen LogP contribution in [0.1, 0.15) is 32.6 Å². The molecule has 0 amide bonds. The second kappa shape index (κ2) is 6.20. The van der Waals surface area contributed by atoms with Gasteiger partial charge in [0, 0.05) is 16.9 Å². The van der Waals surface area contributed by atoms with Gasteiger partial charge in [-0.05, 0) is 18.6 Å². The van der Waals surface area contributed by atoms with Crippen LogP contribution in [0.15, 0.2) is 4.99 Å². The summed E-state index contributed by atoms with van der Waals surface area (Å²) in [5.74, 6) is 6.15. The first-order valence-corrected chi connectivity index (χ1v) is 8.63. The predicted molar refractivity (Wildman–Crippen MR) is 76.7 cm³/mol. The molecule has 4 heteroatoms. The van der Waals surface area contributed by atoms with Crippen LogP contribution in [-0.2, 0) is 0 Å². The van der Waals surface area contributed by atoms with Crippen molar-refractivity contribution in [1.29, 1.82) is 0 Å². The Morgan fingerprint density at radius 3 is 3.06 bits per heavy atom. The molecule has 0 aromatic heterocycles. The van der Waals surface area contributed by atoms with E-state index in [1.54, 1.807) is 0 Å². The number of nitrogens with one attached hydrogen (secondary N) is 1. The second-order valence-corrected chi connectivity index (χ2v) is 6.86. The van der Waals surface area contributed by atoms with Crippen molar-refractivity contribution in [3.8, 4) is 0 Å². The summed E-state index contributed by atoms with van der Waals surface area (Å²) >= 11 is 4.07. The first-order chi connectivity index (χ1) is 7.87. The number of nitrogens with zero attached hydrogens (tertiary/aromatic N) is 1. The van der Waals surface area contributed by atoms with Gasteiger partial charge in [0.1, 0.15) is 5.84 Å². The fourth-order valence-electron chi connectivity index (χ4n) is 2.45. The minimum absolute atomic E-state index is 0.394. The average Bonchev–Trinajstić information content (AvgIpc) is 2.61. The predicted octanol–water partition coefficient (Wildman–Crippen LogP) is 2.99. The Morgan fingerprint density at radius 1 is 1.38 bits per heavy atom. The van der Waals surface area contributed by atoms with Crippen LogP contribution in [0.2, 0.25) is 0 Å². The van der Waals surface area contributed by atoms with E-state index in [4.69, 9.17) is 4.99 Å². The number of unbranched alkanes of at least 4 members (excludes halogenated alkanes) is 1. The highest BCUT2D eigenvalue weighted by Gasteiger charge is 2.39. The molecule has 0 radical (unpaired) electrons. The number of hydrogen-bond donors (Lipinski definition) is 1. The van der Waals surface area contributed by atoms with Crippen LogP contribution in [0.3, 0.4) is 0 Å². The lowest BCUT2D eigenvalue weighted by Crippen LogP contribution is -2.41. The molecule has 0 spiro atoms. The first kappa shape index (κ1) is 12.6. The molecule has 2 nitrogen and oxygen atoms in total. The fraction of sp³-hybridized carbons (Fsp3) is 0.917. The third kappa shape index (κ3) is 2.89. The lowest BCUT2D eigenvalue weighted by Gasteiger charge is -2.30. The molecule has 0 bridgehead atoms. The normalized spacial score (nSPS) is 30.7. The van der Waals surface area contributed by atoms with Gasteiger partial charge in [-0.15, -0.1) is 11.8 Å². The van der Waals surface area contributed by atoms with Gasteiger partial charge in [-0.2, -0.15) is 11.8 Å². The summed E-state index contributed by atoms with van der Waals surface area (Å²) < 4.78 is 0. The van der Waals surface area contributed by atoms with Crippen LogP contribution < -0.4 is 5.32 Å². The molecule has 1 saturated heterocycles. The van der Waals surface area contributed by atoms with E-state index in [9.17, 15) is 0 Å². The van der Waals surface area contributed by atoms with Gasteiger partial charge in [-0.25, -0.2) is 0 Å². The summed E-state index contributed by atoms with van der Waals surface area (Å²) in [4.78, 5) is 4.80. The quantitative estimate of drug-likeness (QED) is 0.839. The molecule has 0 saturated carbocycles. The van der Waals surface area contributed by atoms with Crippen molar-refractivity contribution in [2.75, 3.05) is 29.7 Å². The van der Waals surface area contributed by atoms with Crippen LogP contribution in [-0.4, -0.2) is 35.5 Å². The molecular weight excluding hydrogens is 236 g/mol. The molecule has 0 aliphatic carbocycles.